The first-order valence-electron chi connectivity index (χ1n) is 10.3. The minimum atomic E-state index is -0.750. The fourth-order valence-electron chi connectivity index (χ4n) is 4.07. The van der Waals surface area contributed by atoms with Gasteiger partial charge in [-0.05, 0) is 34.7 Å². The van der Waals surface area contributed by atoms with Gasteiger partial charge in [-0.3, -0.25) is 14.6 Å². The van der Waals surface area contributed by atoms with Crippen LogP contribution in [0.5, 0.6) is 17.2 Å². The van der Waals surface area contributed by atoms with Gasteiger partial charge in [0.05, 0.1) is 38.1 Å². The number of aromatic nitrogens is 3. The first-order chi connectivity index (χ1) is 15.9. The number of anilines is 1. The predicted octanol–water partition coefficient (Wildman–Crippen LogP) is 2.78. The second kappa shape index (κ2) is 9.14. The number of thioether (sulfide) groups is 1. The van der Waals surface area contributed by atoms with Gasteiger partial charge in [0.1, 0.15) is 0 Å². The monoisotopic (exact) mass is 469 g/mol. The molecule has 2 heterocycles. The summed E-state index contributed by atoms with van der Waals surface area (Å²) in [4.78, 5) is 30.7. The van der Waals surface area contributed by atoms with Crippen LogP contribution >= 0.6 is 11.8 Å². The molecule has 0 saturated heterocycles. The molecule has 1 amide bonds. The van der Waals surface area contributed by atoms with E-state index in [2.05, 4.69) is 4.98 Å². The van der Waals surface area contributed by atoms with Crippen molar-refractivity contribution in [2.75, 3.05) is 32.0 Å². The number of rotatable bonds is 6. The molecule has 10 heteroatoms. The standard InChI is InChI=1S/C23H24N4O5S/c1-6-33-23-24-21(29)19-15-9-7-8-10-16(15)26(13(2)28)22(27(19)25-23)14-11-17(30-3)20(32-5)18(12-14)31-4/h7-12,22H,6H2,1-5H3/p+1/t22-/m1/s1. The third kappa shape index (κ3) is 3.80. The number of hydrogen-bond acceptors (Lipinski definition) is 7. The first kappa shape index (κ1) is 22.7. The number of benzene rings is 2. The molecule has 1 N–H and O–H groups in total. The summed E-state index contributed by atoms with van der Waals surface area (Å²) in [7, 11) is 4.58. The summed E-state index contributed by atoms with van der Waals surface area (Å²) in [5.74, 6) is 1.82. The lowest BCUT2D eigenvalue weighted by Gasteiger charge is -2.31. The van der Waals surface area contributed by atoms with Crippen LogP contribution in [0.25, 0.3) is 11.3 Å². The Bertz CT molecular complexity index is 1250. The zero-order valence-electron chi connectivity index (χ0n) is 19.0. The van der Waals surface area contributed by atoms with E-state index in [-0.39, 0.29) is 11.5 Å². The Hall–Kier alpha value is -3.53. The molecule has 9 nitrogen and oxygen atoms in total. The molecule has 3 aromatic rings. The van der Waals surface area contributed by atoms with Gasteiger partial charge in [0, 0.05) is 12.0 Å². The van der Waals surface area contributed by atoms with E-state index >= 15 is 0 Å². The highest BCUT2D eigenvalue weighted by Gasteiger charge is 2.45. The van der Waals surface area contributed by atoms with Gasteiger partial charge >= 0.3 is 11.3 Å². The van der Waals surface area contributed by atoms with E-state index in [9.17, 15) is 9.59 Å². The number of carbonyl (C=O) groups excluding carboxylic acids is 1. The maximum absolute atomic E-state index is 13.2. The van der Waals surface area contributed by atoms with Crippen molar-refractivity contribution in [1.82, 2.24) is 10.1 Å². The van der Waals surface area contributed by atoms with Crippen LogP contribution in [0.2, 0.25) is 0 Å². The zero-order chi connectivity index (χ0) is 23.7. The van der Waals surface area contributed by atoms with E-state index in [1.807, 2.05) is 31.2 Å². The Balaban J connectivity index is 2.08. The number of ether oxygens (including phenoxy) is 3. The maximum Gasteiger partial charge on any atom is 0.325 e. The molecule has 2 aromatic carbocycles. The van der Waals surface area contributed by atoms with Gasteiger partial charge in [-0.15, -0.1) is 0 Å². The van der Waals surface area contributed by atoms with Crippen LogP contribution in [0.15, 0.2) is 46.3 Å². The van der Waals surface area contributed by atoms with Gasteiger partial charge in [-0.2, -0.15) is 0 Å². The van der Waals surface area contributed by atoms with Gasteiger partial charge < -0.3 is 14.2 Å². The molecule has 1 atom stereocenters. The Morgan fingerprint density at radius 1 is 1.15 bits per heavy atom. The van der Waals surface area contributed by atoms with Crippen LogP contribution in [0.4, 0.5) is 5.69 Å². The molecule has 33 heavy (non-hydrogen) atoms. The fourth-order valence-corrected chi connectivity index (χ4v) is 4.65. The Morgan fingerprint density at radius 2 is 1.82 bits per heavy atom. The first-order valence-corrected chi connectivity index (χ1v) is 11.3. The number of H-pyrrole nitrogens is 1. The van der Waals surface area contributed by atoms with Crippen LogP contribution in [-0.4, -0.2) is 43.1 Å². The summed E-state index contributed by atoms with van der Waals surface area (Å²) < 4.78 is 18.1. The molecule has 1 aliphatic heterocycles. The van der Waals surface area contributed by atoms with Crippen LogP contribution in [0.1, 0.15) is 25.6 Å². The molecule has 4 rings (SSSR count). The highest BCUT2D eigenvalue weighted by molar-refractivity contribution is 7.99. The highest BCUT2D eigenvalue weighted by Crippen LogP contribution is 2.43. The predicted molar refractivity (Wildman–Crippen MR) is 124 cm³/mol. The summed E-state index contributed by atoms with van der Waals surface area (Å²) in [5.41, 5.74) is 1.97. The lowest BCUT2D eigenvalue weighted by atomic mass is 10.0. The van der Waals surface area contributed by atoms with Gasteiger partial charge in [-0.25, -0.2) is 4.90 Å². The van der Waals surface area contributed by atoms with Gasteiger partial charge in [0.15, 0.2) is 11.5 Å². The lowest BCUT2D eigenvalue weighted by molar-refractivity contribution is -0.763. The number of nitrogens with zero attached hydrogens (tertiary/aromatic N) is 3. The second-order valence-corrected chi connectivity index (χ2v) is 8.48. The topological polar surface area (TPSA) is 97.6 Å². The SMILES string of the molecule is CCSc1n[n+]2c(c(=O)[nH]1)-c1ccccc1N(C(C)=O)[C@H]2c1cc(OC)c(OC)c(OC)c1. The van der Waals surface area contributed by atoms with Crippen LogP contribution < -0.4 is 29.4 Å². The Labute approximate surface area is 195 Å². The molecule has 0 radical (unpaired) electrons. The summed E-state index contributed by atoms with van der Waals surface area (Å²) in [5, 5.41) is 5.19. The molecule has 0 aliphatic carbocycles. The number of carbonyl (C=O) groups is 1. The number of aromatic amines is 1. The number of hydrogen-bond donors (Lipinski definition) is 1. The third-order valence-corrected chi connectivity index (χ3v) is 6.11. The summed E-state index contributed by atoms with van der Waals surface area (Å²) in [6, 6.07) is 10.8. The van der Waals surface area contributed by atoms with Crippen molar-refractivity contribution in [3.8, 4) is 28.5 Å². The smallest absolute Gasteiger partial charge is 0.325 e. The van der Waals surface area contributed by atoms with Crippen molar-refractivity contribution >= 4 is 23.4 Å². The second-order valence-electron chi connectivity index (χ2n) is 7.22. The Kier molecular flexibility index (Phi) is 6.28. The summed E-state index contributed by atoms with van der Waals surface area (Å²) in [6.45, 7) is 3.46. The molecule has 172 valence electrons. The van der Waals surface area contributed by atoms with Gasteiger partial charge in [-0.1, -0.05) is 30.8 Å². The third-order valence-electron chi connectivity index (χ3n) is 5.36. The van der Waals surface area contributed by atoms with Crippen molar-refractivity contribution in [2.45, 2.75) is 25.2 Å². The molecule has 0 bridgehead atoms. The lowest BCUT2D eigenvalue weighted by Crippen LogP contribution is -2.60. The number of methoxy groups -OCH3 is 3. The molecule has 1 aliphatic rings. The number of nitrogens with one attached hydrogen (secondary N) is 1. The number of para-hydroxylation sites is 1. The van der Waals surface area contributed by atoms with Crippen molar-refractivity contribution < 1.29 is 23.7 Å². The van der Waals surface area contributed by atoms with Crippen molar-refractivity contribution in [3.63, 3.8) is 0 Å². The highest BCUT2D eigenvalue weighted by atomic mass is 32.2. The normalized spacial score (nSPS) is 14.3. The van der Waals surface area contributed by atoms with E-state index in [0.29, 0.717) is 44.9 Å². The quantitative estimate of drug-likeness (QED) is 0.438. The number of amides is 1. The van der Waals surface area contributed by atoms with Gasteiger partial charge in [0.2, 0.25) is 16.8 Å². The van der Waals surface area contributed by atoms with E-state index in [1.54, 1.807) is 21.7 Å². The van der Waals surface area contributed by atoms with E-state index in [4.69, 9.17) is 19.3 Å². The Morgan fingerprint density at radius 3 is 2.39 bits per heavy atom. The van der Waals surface area contributed by atoms with E-state index < -0.39 is 6.17 Å². The maximum atomic E-state index is 13.2. The molecule has 0 spiro atoms. The zero-order valence-corrected chi connectivity index (χ0v) is 19.9. The molecular formula is C23H25N4O5S+. The van der Waals surface area contributed by atoms with Crippen LogP contribution in [0.3, 0.4) is 0 Å². The molecular weight excluding hydrogens is 444 g/mol. The minimum absolute atomic E-state index is 0.203. The summed E-state index contributed by atoms with van der Waals surface area (Å²) in [6.07, 6.45) is -0.750. The van der Waals surface area contributed by atoms with Crippen molar-refractivity contribution in [1.29, 1.82) is 0 Å². The molecule has 0 fully saturated rings. The van der Waals surface area contributed by atoms with Crippen LogP contribution in [-0.2, 0) is 4.79 Å². The fraction of sp³-hybridized carbons (Fsp3) is 0.304. The number of fused-ring (bicyclic) bond motifs is 3. The molecule has 0 saturated carbocycles. The molecule has 0 unspecified atom stereocenters. The van der Waals surface area contributed by atoms with Gasteiger partial charge in [0.25, 0.3) is 6.17 Å². The largest absolute Gasteiger partial charge is 0.493 e. The average molecular weight is 470 g/mol. The van der Waals surface area contributed by atoms with E-state index in [1.165, 1.54) is 40.0 Å². The minimum Gasteiger partial charge on any atom is -0.493 e. The van der Waals surface area contributed by atoms with Crippen LogP contribution in [0, 0.1) is 0 Å². The average Bonchev–Trinajstić information content (AvgIpc) is 2.81. The van der Waals surface area contributed by atoms with Crippen molar-refractivity contribution in [3.05, 3.63) is 52.3 Å². The van der Waals surface area contributed by atoms with Crippen molar-refractivity contribution in [2.24, 2.45) is 0 Å². The summed E-state index contributed by atoms with van der Waals surface area (Å²) >= 11 is 1.41. The molecule has 1 aromatic heterocycles. The van der Waals surface area contributed by atoms with E-state index in [0.717, 1.165) is 5.75 Å².